The molecule has 0 spiro atoms. The number of sulfonamides is 1. The molecule has 1 aliphatic rings. The number of ether oxygens (including phenoxy) is 1. The molecule has 0 aromatic heterocycles. The highest BCUT2D eigenvalue weighted by atomic mass is 32.2. The first-order valence-electron chi connectivity index (χ1n) is 5.59. The topological polar surface area (TPSA) is 89.7 Å². The normalized spacial score (nSPS) is 19.2. The molecule has 1 heterocycles. The number of nitrogens with zero attached hydrogens (tertiary/aromatic N) is 1. The van der Waals surface area contributed by atoms with Crippen LogP contribution in [0.4, 0.5) is 4.79 Å². The lowest BCUT2D eigenvalue weighted by Gasteiger charge is -2.32. The van der Waals surface area contributed by atoms with Gasteiger partial charge in [-0.1, -0.05) is 0 Å². The lowest BCUT2D eigenvalue weighted by molar-refractivity contribution is 0.0217. The van der Waals surface area contributed by atoms with Crippen LogP contribution in [0.2, 0.25) is 0 Å². The highest BCUT2D eigenvalue weighted by Gasteiger charge is 2.31. The number of piperidine rings is 1. The van der Waals surface area contributed by atoms with Gasteiger partial charge in [-0.3, -0.25) is 0 Å². The number of primary sulfonamides is 1. The van der Waals surface area contributed by atoms with Gasteiger partial charge in [-0.15, -0.1) is 0 Å². The molecular weight excluding hydrogens is 244 g/mol. The molecule has 1 saturated heterocycles. The van der Waals surface area contributed by atoms with Crippen molar-refractivity contribution < 1.29 is 17.9 Å². The van der Waals surface area contributed by atoms with E-state index in [1.807, 2.05) is 0 Å². The number of hydrogen-bond acceptors (Lipinski definition) is 4. The first-order chi connectivity index (χ1) is 7.59. The first-order valence-corrected chi connectivity index (χ1v) is 7.20. The Morgan fingerprint density at radius 3 is 2.12 bits per heavy atom. The van der Waals surface area contributed by atoms with Crippen LogP contribution in [0.25, 0.3) is 0 Å². The summed E-state index contributed by atoms with van der Waals surface area (Å²) in [6.45, 7) is 6.12. The maximum Gasteiger partial charge on any atom is 0.410 e. The van der Waals surface area contributed by atoms with Crippen molar-refractivity contribution in [2.45, 2.75) is 44.5 Å². The van der Waals surface area contributed by atoms with Crippen LogP contribution in [0.3, 0.4) is 0 Å². The van der Waals surface area contributed by atoms with Crippen molar-refractivity contribution in [2.24, 2.45) is 5.14 Å². The highest BCUT2D eigenvalue weighted by molar-refractivity contribution is 7.89. The molecule has 0 atom stereocenters. The Morgan fingerprint density at radius 2 is 1.76 bits per heavy atom. The summed E-state index contributed by atoms with van der Waals surface area (Å²) >= 11 is 0. The van der Waals surface area contributed by atoms with Gasteiger partial charge < -0.3 is 9.64 Å². The zero-order chi connectivity index (χ0) is 13.3. The fraction of sp³-hybridized carbons (Fsp3) is 0.900. The second kappa shape index (κ2) is 4.81. The van der Waals surface area contributed by atoms with Crippen molar-refractivity contribution >= 4 is 16.1 Å². The van der Waals surface area contributed by atoms with Crippen LogP contribution < -0.4 is 5.14 Å². The van der Waals surface area contributed by atoms with Crippen LogP contribution in [0, 0.1) is 0 Å². The number of amides is 1. The van der Waals surface area contributed by atoms with E-state index < -0.39 is 27.0 Å². The van der Waals surface area contributed by atoms with Crippen LogP contribution in [0.5, 0.6) is 0 Å². The predicted molar refractivity (Wildman–Crippen MR) is 63.9 cm³/mol. The predicted octanol–water partition coefficient (Wildman–Crippen LogP) is 0.674. The summed E-state index contributed by atoms with van der Waals surface area (Å²) in [7, 11) is -3.49. The summed E-state index contributed by atoms with van der Waals surface area (Å²) in [6.07, 6.45) is 0.348. The minimum Gasteiger partial charge on any atom is -0.444 e. The van der Waals surface area contributed by atoms with Gasteiger partial charge in [0.05, 0.1) is 5.25 Å². The Hall–Kier alpha value is -0.820. The van der Waals surface area contributed by atoms with Crippen LogP contribution in [-0.4, -0.2) is 43.4 Å². The Kier molecular flexibility index (Phi) is 4.03. The molecule has 0 radical (unpaired) electrons. The third-order valence-electron chi connectivity index (χ3n) is 2.56. The summed E-state index contributed by atoms with van der Waals surface area (Å²) in [5.41, 5.74) is -0.534. The molecule has 0 bridgehead atoms. The summed E-state index contributed by atoms with van der Waals surface area (Å²) in [5.74, 6) is 0. The maximum atomic E-state index is 11.7. The molecule has 0 aromatic rings. The van der Waals surface area contributed by atoms with E-state index in [-0.39, 0.29) is 0 Å². The molecule has 1 amide bonds. The van der Waals surface area contributed by atoms with Crippen molar-refractivity contribution in [3.63, 3.8) is 0 Å². The molecule has 2 N–H and O–H groups in total. The highest BCUT2D eigenvalue weighted by Crippen LogP contribution is 2.18. The van der Waals surface area contributed by atoms with E-state index in [9.17, 15) is 13.2 Å². The molecule has 17 heavy (non-hydrogen) atoms. The molecule has 0 aliphatic carbocycles. The minimum atomic E-state index is -3.49. The Morgan fingerprint density at radius 1 is 1.29 bits per heavy atom. The Bertz CT molecular complexity index is 378. The number of nitrogens with two attached hydrogens (primary N) is 1. The third-order valence-corrected chi connectivity index (χ3v) is 3.96. The van der Waals surface area contributed by atoms with E-state index in [1.165, 1.54) is 4.90 Å². The van der Waals surface area contributed by atoms with Gasteiger partial charge in [0.1, 0.15) is 5.60 Å². The van der Waals surface area contributed by atoms with Gasteiger partial charge in [-0.25, -0.2) is 18.4 Å². The average molecular weight is 264 g/mol. The minimum absolute atomic E-state index is 0.371. The fourth-order valence-electron chi connectivity index (χ4n) is 1.69. The quantitative estimate of drug-likeness (QED) is 0.754. The standard InChI is InChI=1S/C10H20N2O4S/c1-10(2,3)16-9(13)12-6-4-8(5-7-12)17(11,14)15/h8H,4-7H2,1-3H3,(H2,11,14,15). The summed E-state index contributed by atoms with van der Waals surface area (Å²) in [5, 5.41) is 4.53. The van der Waals surface area contributed by atoms with E-state index in [2.05, 4.69) is 0 Å². The van der Waals surface area contributed by atoms with Gasteiger partial charge in [0.15, 0.2) is 0 Å². The second-order valence-corrected chi connectivity index (χ2v) is 7.10. The van der Waals surface area contributed by atoms with Crippen molar-refractivity contribution in [1.82, 2.24) is 4.90 Å². The summed E-state index contributed by atoms with van der Waals surface area (Å²) in [6, 6.07) is 0. The lowest BCUT2D eigenvalue weighted by Crippen LogP contribution is -2.45. The van der Waals surface area contributed by atoms with Crippen LogP contribution in [0.15, 0.2) is 0 Å². The van der Waals surface area contributed by atoms with E-state index in [0.29, 0.717) is 25.9 Å². The molecular formula is C10H20N2O4S. The number of rotatable bonds is 1. The van der Waals surface area contributed by atoms with Crippen LogP contribution in [-0.2, 0) is 14.8 Å². The van der Waals surface area contributed by atoms with Crippen molar-refractivity contribution in [3.05, 3.63) is 0 Å². The molecule has 0 saturated carbocycles. The van der Waals surface area contributed by atoms with E-state index >= 15 is 0 Å². The van der Waals surface area contributed by atoms with E-state index in [1.54, 1.807) is 20.8 Å². The van der Waals surface area contributed by atoms with Crippen molar-refractivity contribution in [3.8, 4) is 0 Å². The SMILES string of the molecule is CC(C)(C)OC(=O)N1CCC(S(N)(=O)=O)CC1. The molecule has 1 rings (SSSR count). The van der Waals surface area contributed by atoms with Crippen LogP contribution >= 0.6 is 0 Å². The summed E-state index contributed by atoms with van der Waals surface area (Å²) < 4.78 is 27.5. The monoisotopic (exact) mass is 264 g/mol. The smallest absolute Gasteiger partial charge is 0.410 e. The average Bonchev–Trinajstić information content (AvgIpc) is 2.14. The van der Waals surface area contributed by atoms with Crippen molar-refractivity contribution in [1.29, 1.82) is 0 Å². The van der Waals surface area contributed by atoms with Gasteiger partial charge in [0, 0.05) is 13.1 Å². The number of carbonyl (C=O) groups is 1. The van der Waals surface area contributed by atoms with E-state index in [4.69, 9.17) is 9.88 Å². The first kappa shape index (κ1) is 14.2. The third kappa shape index (κ3) is 4.51. The fourth-order valence-corrected chi connectivity index (χ4v) is 2.56. The Balaban J connectivity index is 2.50. The van der Waals surface area contributed by atoms with Gasteiger partial charge >= 0.3 is 6.09 Å². The number of hydrogen-bond donors (Lipinski definition) is 1. The van der Waals surface area contributed by atoms with Gasteiger partial charge in [0.2, 0.25) is 10.0 Å². The maximum absolute atomic E-state index is 11.7. The molecule has 7 heteroatoms. The lowest BCUT2D eigenvalue weighted by atomic mass is 10.1. The molecule has 0 unspecified atom stereocenters. The number of likely N-dealkylation sites (tertiary alicyclic amines) is 1. The second-order valence-electron chi connectivity index (χ2n) is 5.26. The zero-order valence-electron chi connectivity index (χ0n) is 10.5. The molecule has 0 aromatic carbocycles. The van der Waals surface area contributed by atoms with Gasteiger partial charge in [-0.05, 0) is 33.6 Å². The number of carbonyl (C=O) groups excluding carboxylic acids is 1. The molecule has 6 nitrogen and oxygen atoms in total. The summed E-state index contributed by atoms with van der Waals surface area (Å²) in [4.78, 5) is 13.2. The Labute approximate surface area is 102 Å². The molecule has 1 aliphatic heterocycles. The molecule has 100 valence electrons. The largest absolute Gasteiger partial charge is 0.444 e. The van der Waals surface area contributed by atoms with E-state index in [0.717, 1.165) is 0 Å². The van der Waals surface area contributed by atoms with Gasteiger partial charge in [0.25, 0.3) is 0 Å². The van der Waals surface area contributed by atoms with Crippen molar-refractivity contribution in [2.75, 3.05) is 13.1 Å². The van der Waals surface area contributed by atoms with Gasteiger partial charge in [-0.2, -0.15) is 0 Å². The van der Waals surface area contributed by atoms with Crippen LogP contribution in [0.1, 0.15) is 33.6 Å². The zero-order valence-corrected chi connectivity index (χ0v) is 11.3. The molecule has 1 fully saturated rings.